The van der Waals surface area contributed by atoms with E-state index in [1.54, 1.807) is 23.1 Å². The minimum atomic E-state index is -1.03. The summed E-state index contributed by atoms with van der Waals surface area (Å²) in [5.41, 5.74) is 3.94. The van der Waals surface area contributed by atoms with Crippen LogP contribution in [0.2, 0.25) is 0 Å². The van der Waals surface area contributed by atoms with Crippen molar-refractivity contribution in [1.82, 2.24) is 4.90 Å². The summed E-state index contributed by atoms with van der Waals surface area (Å²) in [6.07, 6.45) is 0. The van der Waals surface area contributed by atoms with E-state index >= 15 is 0 Å². The molecule has 0 saturated heterocycles. The number of amides is 1. The number of carbonyl (C=O) groups excluding carboxylic acids is 1. The van der Waals surface area contributed by atoms with Crippen molar-refractivity contribution in [3.05, 3.63) is 100 Å². The zero-order valence-corrected chi connectivity index (χ0v) is 17.8. The number of aromatic carboxylic acids is 1. The third kappa shape index (κ3) is 3.67. The van der Waals surface area contributed by atoms with Crippen molar-refractivity contribution in [3.63, 3.8) is 0 Å². The van der Waals surface area contributed by atoms with E-state index in [1.165, 1.54) is 12.1 Å². The van der Waals surface area contributed by atoms with E-state index in [-0.39, 0.29) is 24.7 Å². The lowest BCUT2D eigenvalue weighted by Crippen LogP contribution is -2.29. The normalized spacial score (nSPS) is 17.1. The summed E-state index contributed by atoms with van der Waals surface area (Å²) in [6, 6.07) is 18.8. The van der Waals surface area contributed by atoms with Crippen molar-refractivity contribution in [3.8, 4) is 11.5 Å². The molecule has 0 aromatic heterocycles. The van der Waals surface area contributed by atoms with Gasteiger partial charge < -0.3 is 24.6 Å². The highest BCUT2D eigenvalue weighted by molar-refractivity contribution is 6.05. The Morgan fingerprint density at radius 3 is 2.39 bits per heavy atom. The van der Waals surface area contributed by atoms with Gasteiger partial charge in [-0.3, -0.25) is 4.79 Å². The van der Waals surface area contributed by atoms with Gasteiger partial charge in [-0.15, -0.1) is 0 Å². The number of fused-ring (bicyclic) bond motifs is 1. The van der Waals surface area contributed by atoms with Crippen LogP contribution in [-0.2, 0) is 11.3 Å². The molecule has 0 bridgehead atoms. The number of carboxylic acids is 1. The first-order valence-corrected chi connectivity index (χ1v) is 10.5. The number of ether oxygens (including phenoxy) is 2. The van der Waals surface area contributed by atoms with Gasteiger partial charge in [0.25, 0.3) is 5.91 Å². The molecule has 33 heavy (non-hydrogen) atoms. The molecule has 2 N–H and O–H groups in total. The Morgan fingerprint density at radius 2 is 1.70 bits per heavy atom. The first-order valence-electron chi connectivity index (χ1n) is 10.5. The molecule has 3 aromatic carbocycles. The molecular weight excluding hydrogens is 422 g/mol. The quantitative estimate of drug-likeness (QED) is 0.604. The zero-order chi connectivity index (χ0) is 23.1. The fraction of sp³-hybridized carbons (Fsp3) is 0.154. The molecule has 5 rings (SSSR count). The molecule has 0 radical (unpaired) electrons. The van der Waals surface area contributed by atoms with E-state index in [1.807, 2.05) is 43.3 Å². The molecule has 1 atom stereocenters. The topological polar surface area (TPSA) is 96.3 Å². The van der Waals surface area contributed by atoms with Crippen LogP contribution in [0.5, 0.6) is 11.5 Å². The molecule has 3 aromatic rings. The first-order chi connectivity index (χ1) is 15.9. The molecule has 2 aliphatic heterocycles. The Morgan fingerprint density at radius 1 is 1.00 bits per heavy atom. The Labute approximate surface area is 190 Å². The van der Waals surface area contributed by atoms with Gasteiger partial charge in [-0.1, -0.05) is 48.0 Å². The lowest BCUT2D eigenvalue weighted by molar-refractivity contribution is -0.130. The van der Waals surface area contributed by atoms with Crippen LogP contribution in [0.4, 0.5) is 0 Å². The summed E-state index contributed by atoms with van der Waals surface area (Å²) in [5.74, 6) is -0.577. The summed E-state index contributed by atoms with van der Waals surface area (Å²) in [6.45, 7) is 2.34. The van der Waals surface area contributed by atoms with Gasteiger partial charge in [0.05, 0.1) is 11.6 Å². The molecule has 0 fully saturated rings. The number of hydrogen-bond donors (Lipinski definition) is 2. The molecule has 0 unspecified atom stereocenters. The number of aliphatic hydroxyl groups excluding tert-OH is 1. The minimum absolute atomic E-state index is 0.149. The largest absolute Gasteiger partial charge is 0.503 e. The molecule has 1 amide bonds. The fourth-order valence-corrected chi connectivity index (χ4v) is 4.24. The second-order valence-electron chi connectivity index (χ2n) is 8.08. The molecule has 2 heterocycles. The van der Waals surface area contributed by atoms with Crippen LogP contribution in [0, 0.1) is 6.92 Å². The van der Waals surface area contributed by atoms with E-state index in [9.17, 15) is 19.8 Å². The predicted octanol–water partition coefficient (Wildman–Crippen LogP) is 4.47. The lowest BCUT2D eigenvalue weighted by Gasteiger charge is -2.27. The van der Waals surface area contributed by atoms with Crippen LogP contribution in [0.25, 0.3) is 5.57 Å². The van der Waals surface area contributed by atoms with Crippen molar-refractivity contribution in [2.45, 2.75) is 19.5 Å². The van der Waals surface area contributed by atoms with Gasteiger partial charge in [0, 0.05) is 12.1 Å². The van der Waals surface area contributed by atoms with Crippen LogP contribution >= 0.6 is 0 Å². The molecule has 2 aliphatic rings. The van der Waals surface area contributed by atoms with Crippen molar-refractivity contribution < 1.29 is 29.3 Å². The lowest BCUT2D eigenvalue weighted by atomic mass is 9.92. The molecule has 0 saturated carbocycles. The number of nitrogens with zero attached hydrogens (tertiary/aromatic N) is 1. The number of carbonyl (C=O) groups is 2. The third-order valence-corrected chi connectivity index (χ3v) is 5.93. The smallest absolute Gasteiger partial charge is 0.335 e. The first kappa shape index (κ1) is 20.6. The highest BCUT2D eigenvalue weighted by Gasteiger charge is 2.41. The number of aryl methyl sites for hydroxylation is 1. The fourth-order valence-electron chi connectivity index (χ4n) is 4.24. The van der Waals surface area contributed by atoms with E-state index in [0.717, 1.165) is 16.7 Å². The monoisotopic (exact) mass is 443 g/mol. The third-order valence-electron chi connectivity index (χ3n) is 5.93. The zero-order valence-electron chi connectivity index (χ0n) is 17.8. The summed E-state index contributed by atoms with van der Waals surface area (Å²) in [5, 5.41) is 20.2. The molecule has 7 heteroatoms. The minimum Gasteiger partial charge on any atom is -0.503 e. The van der Waals surface area contributed by atoms with Gasteiger partial charge in [0.1, 0.15) is 0 Å². The maximum absolute atomic E-state index is 13.2. The number of rotatable bonds is 5. The van der Waals surface area contributed by atoms with Crippen molar-refractivity contribution >= 4 is 17.4 Å². The maximum Gasteiger partial charge on any atom is 0.335 e. The van der Waals surface area contributed by atoms with Gasteiger partial charge in [-0.25, -0.2) is 4.79 Å². The standard InChI is InChI=1S/C26H21NO6/c1-15-2-5-17(6-3-15)22-23(18-7-9-19(10-8-18)26(30)31)27(25(29)24(22)28)13-16-4-11-20-21(12-16)33-14-32-20/h2-12,23,28H,13-14H2,1H3,(H,30,31)/t23-/m1/s1. The Kier molecular flexibility index (Phi) is 5.01. The van der Waals surface area contributed by atoms with Crippen molar-refractivity contribution in [2.24, 2.45) is 0 Å². The summed E-state index contributed by atoms with van der Waals surface area (Å²) in [7, 11) is 0. The maximum atomic E-state index is 13.2. The molecule has 0 aliphatic carbocycles. The Balaban J connectivity index is 1.57. The van der Waals surface area contributed by atoms with Crippen molar-refractivity contribution in [2.75, 3.05) is 6.79 Å². The molecular formula is C26H21NO6. The summed E-state index contributed by atoms with van der Waals surface area (Å²) >= 11 is 0. The highest BCUT2D eigenvalue weighted by atomic mass is 16.7. The summed E-state index contributed by atoms with van der Waals surface area (Å²) in [4.78, 5) is 26.1. The van der Waals surface area contributed by atoms with Gasteiger partial charge >= 0.3 is 5.97 Å². The van der Waals surface area contributed by atoms with E-state index in [2.05, 4.69) is 0 Å². The van der Waals surface area contributed by atoms with Crippen molar-refractivity contribution in [1.29, 1.82) is 0 Å². The Bertz CT molecular complexity index is 1280. The Hall–Kier alpha value is -4.26. The van der Waals surface area contributed by atoms with Gasteiger partial charge in [-0.05, 0) is 47.9 Å². The number of aliphatic hydroxyl groups is 1. The second kappa shape index (κ2) is 8.02. The van der Waals surface area contributed by atoms with Crippen LogP contribution in [0.15, 0.2) is 72.5 Å². The van der Waals surface area contributed by atoms with Crippen LogP contribution < -0.4 is 9.47 Å². The van der Waals surface area contributed by atoms with Gasteiger partial charge in [0.2, 0.25) is 6.79 Å². The number of benzene rings is 3. The van der Waals surface area contributed by atoms with E-state index < -0.39 is 17.9 Å². The van der Waals surface area contributed by atoms with E-state index in [0.29, 0.717) is 22.6 Å². The number of carboxylic acid groups (broad SMARTS) is 1. The van der Waals surface area contributed by atoms with Crippen LogP contribution in [0.1, 0.15) is 38.7 Å². The molecule has 0 spiro atoms. The van der Waals surface area contributed by atoms with Crippen LogP contribution in [-0.4, -0.2) is 33.8 Å². The average molecular weight is 443 g/mol. The highest BCUT2D eigenvalue weighted by Crippen LogP contribution is 2.44. The average Bonchev–Trinajstić information content (AvgIpc) is 3.38. The summed E-state index contributed by atoms with van der Waals surface area (Å²) < 4.78 is 10.8. The second-order valence-corrected chi connectivity index (χ2v) is 8.08. The van der Waals surface area contributed by atoms with Crippen LogP contribution in [0.3, 0.4) is 0 Å². The molecule has 166 valence electrons. The number of hydrogen-bond acceptors (Lipinski definition) is 5. The van der Waals surface area contributed by atoms with Gasteiger partial charge in [0.15, 0.2) is 17.3 Å². The molecule has 7 nitrogen and oxygen atoms in total. The predicted molar refractivity (Wildman–Crippen MR) is 120 cm³/mol. The van der Waals surface area contributed by atoms with Gasteiger partial charge in [-0.2, -0.15) is 0 Å². The van der Waals surface area contributed by atoms with E-state index in [4.69, 9.17) is 9.47 Å². The SMILES string of the molecule is Cc1ccc(C2=C(O)C(=O)N(Cc3ccc4c(c3)OCO4)[C@@H]2c2ccc(C(=O)O)cc2)cc1.